The van der Waals surface area contributed by atoms with Crippen LogP contribution in [0.3, 0.4) is 0 Å². The van der Waals surface area contributed by atoms with Crippen LogP contribution in [0.1, 0.15) is 28.9 Å². The van der Waals surface area contributed by atoms with Gasteiger partial charge in [0, 0.05) is 29.9 Å². The van der Waals surface area contributed by atoms with Gasteiger partial charge >= 0.3 is 0 Å². The Kier molecular flexibility index (Phi) is 3.74. The van der Waals surface area contributed by atoms with Crippen molar-refractivity contribution >= 4 is 11.3 Å². The first-order valence-corrected chi connectivity index (χ1v) is 6.44. The molecule has 16 heavy (non-hydrogen) atoms. The van der Waals surface area contributed by atoms with Gasteiger partial charge in [-0.2, -0.15) is 0 Å². The normalized spacial score (nSPS) is 10.9. The average molecular weight is 235 g/mol. The second-order valence-electron chi connectivity index (χ2n) is 3.82. The van der Waals surface area contributed by atoms with Crippen LogP contribution in [-0.4, -0.2) is 9.97 Å². The lowest BCUT2D eigenvalue weighted by Gasteiger charge is -2.03. The van der Waals surface area contributed by atoms with E-state index in [9.17, 15) is 0 Å². The number of aromatic nitrogens is 2. The van der Waals surface area contributed by atoms with E-state index in [1.54, 1.807) is 0 Å². The Balaban J connectivity index is 1.84. The highest BCUT2D eigenvalue weighted by atomic mass is 32.1. The van der Waals surface area contributed by atoms with Gasteiger partial charge in [0.1, 0.15) is 5.82 Å². The number of nitrogens with zero attached hydrogens (tertiary/aromatic N) is 1. The average Bonchev–Trinajstić information content (AvgIpc) is 2.87. The number of nitrogens with one attached hydrogen (secondary N) is 2. The number of rotatable bonds is 5. The van der Waals surface area contributed by atoms with E-state index in [1.807, 2.05) is 24.5 Å². The minimum Gasteiger partial charge on any atom is -0.345 e. The Bertz CT molecular complexity index is 445. The van der Waals surface area contributed by atoms with Crippen LogP contribution in [-0.2, 0) is 19.5 Å². The molecule has 0 aliphatic heterocycles. The van der Waals surface area contributed by atoms with E-state index in [-0.39, 0.29) is 0 Å². The molecule has 0 radical (unpaired) electrons. The highest BCUT2D eigenvalue weighted by Crippen LogP contribution is 2.16. The summed E-state index contributed by atoms with van der Waals surface area (Å²) in [5.41, 5.74) is 2.60. The molecule has 0 bridgehead atoms. The van der Waals surface area contributed by atoms with Crippen molar-refractivity contribution < 1.29 is 0 Å². The SMILES string of the molecule is CCc1ccsc1CNCc1cnc(C)[nH]1. The fourth-order valence-corrected chi connectivity index (χ4v) is 2.66. The first kappa shape index (κ1) is 11.4. The molecule has 0 atom stereocenters. The van der Waals surface area contributed by atoms with Crippen molar-refractivity contribution in [2.24, 2.45) is 0 Å². The smallest absolute Gasteiger partial charge is 0.103 e. The van der Waals surface area contributed by atoms with Crippen LogP contribution in [0.5, 0.6) is 0 Å². The van der Waals surface area contributed by atoms with E-state index in [2.05, 4.69) is 33.7 Å². The standard InChI is InChI=1S/C12H17N3S/c1-3-10-4-5-16-12(10)8-13-6-11-7-14-9(2)15-11/h4-5,7,13H,3,6,8H2,1-2H3,(H,14,15). The number of hydrogen-bond acceptors (Lipinski definition) is 3. The van der Waals surface area contributed by atoms with Gasteiger partial charge in [0.25, 0.3) is 0 Å². The minimum absolute atomic E-state index is 0.849. The summed E-state index contributed by atoms with van der Waals surface area (Å²) in [6.45, 7) is 5.96. The molecule has 0 aliphatic carbocycles. The monoisotopic (exact) mass is 235 g/mol. The third-order valence-corrected chi connectivity index (χ3v) is 3.54. The molecule has 86 valence electrons. The first-order valence-electron chi connectivity index (χ1n) is 5.56. The minimum atomic E-state index is 0.849. The summed E-state index contributed by atoms with van der Waals surface area (Å²) in [6, 6.07) is 2.21. The van der Waals surface area contributed by atoms with Crippen LogP contribution in [0.15, 0.2) is 17.6 Å². The summed E-state index contributed by atoms with van der Waals surface area (Å²) in [6.07, 6.45) is 3.00. The van der Waals surface area contributed by atoms with Crippen LogP contribution >= 0.6 is 11.3 Å². The zero-order valence-electron chi connectivity index (χ0n) is 9.71. The maximum absolute atomic E-state index is 4.17. The number of hydrogen-bond donors (Lipinski definition) is 2. The van der Waals surface area contributed by atoms with E-state index in [0.29, 0.717) is 0 Å². The summed E-state index contributed by atoms with van der Waals surface area (Å²) in [4.78, 5) is 8.83. The molecule has 2 aromatic heterocycles. The third kappa shape index (κ3) is 2.71. The van der Waals surface area contributed by atoms with Gasteiger partial charge in [-0.25, -0.2) is 4.98 Å². The Morgan fingerprint density at radius 2 is 2.31 bits per heavy atom. The van der Waals surface area contributed by atoms with Crippen molar-refractivity contribution in [3.63, 3.8) is 0 Å². The van der Waals surface area contributed by atoms with E-state index in [1.165, 1.54) is 10.4 Å². The quantitative estimate of drug-likeness (QED) is 0.836. The molecule has 3 nitrogen and oxygen atoms in total. The summed E-state index contributed by atoms with van der Waals surface area (Å²) in [7, 11) is 0. The summed E-state index contributed by atoms with van der Waals surface area (Å²) in [5.74, 6) is 0.974. The van der Waals surface area contributed by atoms with Gasteiger partial charge < -0.3 is 10.3 Å². The molecule has 0 amide bonds. The zero-order valence-corrected chi connectivity index (χ0v) is 10.5. The van der Waals surface area contributed by atoms with Crippen LogP contribution < -0.4 is 5.32 Å². The van der Waals surface area contributed by atoms with Crippen LogP contribution in [0, 0.1) is 6.92 Å². The molecule has 4 heteroatoms. The van der Waals surface area contributed by atoms with Crippen molar-refractivity contribution in [2.45, 2.75) is 33.4 Å². The molecule has 0 saturated heterocycles. The highest BCUT2D eigenvalue weighted by molar-refractivity contribution is 7.10. The van der Waals surface area contributed by atoms with Gasteiger partial charge in [0.15, 0.2) is 0 Å². The topological polar surface area (TPSA) is 40.7 Å². The second kappa shape index (κ2) is 5.27. The lowest BCUT2D eigenvalue weighted by atomic mass is 10.2. The van der Waals surface area contributed by atoms with Gasteiger partial charge in [0.2, 0.25) is 0 Å². The molecular weight excluding hydrogens is 218 g/mol. The van der Waals surface area contributed by atoms with Crippen molar-refractivity contribution in [1.29, 1.82) is 0 Å². The molecule has 2 aromatic rings. The molecule has 0 saturated carbocycles. The highest BCUT2D eigenvalue weighted by Gasteiger charge is 2.02. The molecule has 2 rings (SSSR count). The lowest BCUT2D eigenvalue weighted by Crippen LogP contribution is -2.12. The summed E-state index contributed by atoms with van der Waals surface area (Å²) in [5, 5.41) is 5.59. The number of aryl methyl sites for hydroxylation is 2. The maximum Gasteiger partial charge on any atom is 0.103 e. The van der Waals surface area contributed by atoms with E-state index in [4.69, 9.17) is 0 Å². The van der Waals surface area contributed by atoms with Gasteiger partial charge in [-0.15, -0.1) is 11.3 Å². The third-order valence-electron chi connectivity index (χ3n) is 2.58. The van der Waals surface area contributed by atoms with Gasteiger partial charge in [-0.3, -0.25) is 0 Å². The van der Waals surface area contributed by atoms with E-state index < -0.39 is 0 Å². The van der Waals surface area contributed by atoms with Gasteiger partial charge in [-0.05, 0) is 30.4 Å². The summed E-state index contributed by atoms with van der Waals surface area (Å²) < 4.78 is 0. The van der Waals surface area contributed by atoms with Gasteiger partial charge in [-0.1, -0.05) is 6.92 Å². The Labute approximate surface area is 99.9 Å². The lowest BCUT2D eigenvalue weighted by molar-refractivity contribution is 0.685. The van der Waals surface area contributed by atoms with Crippen LogP contribution in [0.25, 0.3) is 0 Å². The number of H-pyrrole nitrogens is 1. The molecular formula is C12H17N3S. The Morgan fingerprint density at radius 1 is 1.44 bits per heavy atom. The zero-order chi connectivity index (χ0) is 11.4. The molecule has 0 unspecified atom stereocenters. The number of imidazole rings is 1. The second-order valence-corrected chi connectivity index (χ2v) is 4.82. The fraction of sp³-hybridized carbons (Fsp3) is 0.417. The largest absolute Gasteiger partial charge is 0.345 e. The molecule has 0 spiro atoms. The maximum atomic E-state index is 4.17. The van der Waals surface area contributed by atoms with Crippen LogP contribution in [0.2, 0.25) is 0 Å². The molecule has 0 aliphatic rings. The van der Waals surface area contributed by atoms with Crippen molar-refractivity contribution in [2.75, 3.05) is 0 Å². The van der Waals surface area contributed by atoms with Crippen LogP contribution in [0.4, 0.5) is 0 Å². The van der Waals surface area contributed by atoms with Gasteiger partial charge in [0.05, 0.1) is 0 Å². The molecule has 0 fully saturated rings. The van der Waals surface area contributed by atoms with Crippen molar-refractivity contribution in [3.05, 3.63) is 39.6 Å². The molecule has 0 aromatic carbocycles. The number of aromatic amines is 1. The number of thiophene rings is 1. The first-order chi connectivity index (χ1) is 7.79. The molecule has 2 heterocycles. The van der Waals surface area contributed by atoms with Crippen molar-refractivity contribution in [1.82, 2.24) is 15.3 Å². The van der Waals surface area contributed by atoms with E-state index >= 15 is 0 Å². The molecule has 2 N–H and O–H groups in total. The fourth-order valence-electron chi connectivity index (χ4n) is 1.71. The Morgan fingerprint density at radius 3 is 3.00 bits per heavy atom. The predicted octanol–water partition coefficient (Wildman–Crippen LogP) is 2.63. The van der Waals surface area contributed by atoms with E-state index in [0.717, 1.165) is 31.0 Å². The Hall–Kier alpha value is -1.13. The predicted molar refractivity (Wildman–Crippen MR) is 67.6 cm³/mol. The summed E-state index contributed by atoms with van der Waals surface area (Å²) >= 11 is 1.83. The van der Waals surface area contributed by atoms with Crippen molar-refractivity contribution in [3.8, 4) is 0 Å².